The Balaban J connectivity index is 2.35. The fraction of sp³-hybridized carbons (Fsp3) is 0.273. The van der Waals surface area contributed by atoms with Crippen LogP contribution in [0.15, 0.2) is 30.7 Å². The maximum atomic E-state index is 5.13. The van der Waals surface area contributed by atoms with E-state index in [0.29, 0.717) is 0 Å². The van der Waals surface area contributed by atoms with Crippen LogP contribution in [0.4, 0.5) is 0 Å². The molecule has 0 fully saturated rings. The molecule has 4 nitrogen and oxygen atoms in total. The Morgan fingerprint density at radius 3 is 3.00 bits per heavy atom. The minimum Gasteiger partial charge on any atom is -0.497 e. The van der Waals surface area contributed by atoms with Crippen molar-refractivity contribution in [2.45, 2.75) is 13.3 Å². The van der Waals surface area contributed by atoms with Gasteiger partial charge in [-0.3, -0.25) is 0 Å². The van der Waals surface area contributed by atoms with Crippen molar-refractivity contribution in [2.24, 2.45) is 0 Å². The second-order valence-corrected chi connectivity index (χ2v) is 3.20. The molecule has 0 saturated heterocycles. The topological polar surface area (TPSA) is 39.9 Å². The molecule has 4 heteroatoms. The zero-order valence-electron chi connectivity index (χ0n) is 8.84. The van der Waals surface area contributed by atoms with Crippen LogP contribution >= 0.6 is 0 Å². The van der Waals surface area contributed by atoms with Crippen LogP contribution in [0.1, 0.15) is 12.5 Å². The molecule has 0 aliphatic heterocycles. The minimum absolute atomic E-state index is 0.772. The van der Waals surface area contributed by atoms with Gasteiger partial charge in [0.2, 0.25) is 0 Å². The number of nitrogens with zero attached hydrogens (tertiary/aromatic N) is 3. The second kappa shape index (κ2) is 4.13. The van der Waals surface area contributed by atoms with Gasteiger partial charge >= 0.3 is 0 Å². The summed E-state index contributed by atoms with van der Waals surface area (Å²) in [5.41, 5.74) is 1.19. The first-order valence-electron chi connectivity index (χ1n) is 4.87. The van der Waals surface area contributed by atoms with Crippen LogP contribution in [0.25, 0.3) is 5.82 Å². The molecule has 0 unspecified atom stereocenters. The van der Waals surface area contributed by atoms with Gasteiger partial charge in [0.15, 0.2) is 5.82 Å². The summed E-state index contributed by atoms with van der Waals surface area (Å²) < 4.78 is 6.88. The molecular formula is C11H13N3O. The van der Waals surface area contributed by atoms with E-state index in [9.17, 15) is 0 Å². The molecule has 0 atom stereocenters. The molecule has 0 saturated carbocycles. The molecule has 0 N–H and O–H groups in total. The highest BCUT2D eigenvalue weighted by atomic mass is 16.5. The molecule has 0 aromatic carbocycles. The van der Waals surface area contributed by atoms with Gasteiger partial charge in [0.25, 0.3) is 0 Å². The van der Waals surface area contributed by atoms with Crippen molar-refractivity contribution in [1.29, 1.82) is 0 Å². The number of aryl methyl sites for hydroxylation is 1. The lowest BCUT2D eigenvalue weighted by atomic mass is 10.3. The summed E-state index contributed by atoms with van der Waals surface area (Å²) in [7, 11) is 1.64. The Morgan fingerprint density at radius 2 is 2.33 bits per heavy atom. The highest BCUT2D eigenvalue weighted by Gasteiger charge is 2.01. The quantitative estimate of drug-likeness (QED) is 0.764. The first kappa shape index (κ1) is 9.71. The average Bonchev–Trinajstić information content (AvgIpc) is 2.78. The Hall–Kier alpha value is -1.84. The number of ether oxygens (including phenoxy) is 1. The van der Waals surface area contributed by atoms with E-state index < -0.39 is 0 Å². The van der Waals surface area contributed by atoms with Crippen LogP contribution < -0.4 is 4.74 Å². The van der Waals surface area contributed by atoms with Gasteiger partial charge in [-0.05, 0) is 18.1 Å². The number of rotatable bonds is 3. The lowest BCUT2D eigenvalue weighted by Gasteiger charge is -2.02. The highest BCUT2D eigenvalue weighted by molar-refractivity contribution is 5.31. The van der Waals surface area contributed by atoms with Crippen molar-refractivity contribution in [3.05, 3.63) is 36.3 Å². The second-order valence-electron chi connectivity index (χ2n) is 3.20. The first-order valence-corrected chi connectivity index (χ1v) is 4.87. The molecule has 2 aromatic heterocycles. The molecule has 2 aromatic rings. The SMILES string of the molecule is CCc1cnn(-c2cc(OC)ccn2)c1. The Bertz CT molecular complexity index is 451. The molecule has 15 heavy (non-hydrogen) atoms. The van der Waals surface area contributed by atoms with E-state index in [1.54, 1.807) is 18.0 Å². The summed E-state index contributed by atoms with van der Waals surface area (Å²) in [6.45, 7) is 2.10. The number of pyridine rings is 1. The van der Waals surface area contributed by atoms with E-state index in [1.807, 2.05) is 24.5 Å². The maximum Gasteiger partial charge on any atom is 0.156 e. The van der Waals surface area contributed by atoms with Gasteiger partial charge in [0, 0.05) is 18.5 Å². The number of methoxy groups -OCH3 is 1. The number of aromatic nitrogens is 3. The smallest absolute Gasteiger partial charge is 0.156 e. The Labute approximate surface area is 88.5 Å². The lowest BCUT2D eigenvalue weighted by Crippen LogP contribution is -1.97. The van der Waals surface area contributed by atoms with Crippen molar-refractivity contribution in [1.82, 2.24) is 14.8 Å². The van der Waals surface area contributed by atoms with Gasteiger partial charge in [-0.2, -0.15) is 5.10 Å². The van der Waals surface area contributed by atoms with Crippen molar-refractivity contribution >= 4 is 0 Å². The van der Waals surface area contributed by atoms with Crippen molar-refractivity contribution in [3.8, 4) is 11.6 Å². The van der Waals surface area contributed by atoms with E-state index in [1.165, 1.54) is 5.56 Å². The van der Waals surface area contributed by atoms with Crippen molar-refractivity contribution in [3.63, 3.8) is 0 Å². The van der Waals surface area contributed by atoms with Crippen LogP contribution in [0.5, 0.6) is 5.75 Å². The molecule has 0 aliphatic carbocycles. The van der Waals surface area contributed by atoms with Gasteiger partial charge in [0.05, 0.1) is 13.3 Å². The monoisotopic (exact) mass is 203 g/mol. The number of hydrogen-bond donors (Lipinski definition) is 0. The predicted molar refractivity (Wildman–Crippen MR) is 57.3 cm³/mol. The third-order valence-electron chi connectivity index (χ3n) is 2.23. The van der Waals surface area contributed by atoms with Gasteiger partial charge in [0.1, 0.15) is 5.75 Å². The maximum absolute atomic E-state index is 5.13. The Kier molecular flexibility index (Phi) is 2.67. The molecule has 2 rings (SSSR count). The van der Waals surface area contributed by atoms with Gasteiger partial charge in [-0.1, -0.05) is 6.92 Å². The summed E-state index contributed by atoms with van der Waals surface area (Å²) in [5.74, 6) is 1.56. The molecule has 0 aliphatic rings. The van der Waals surface area contributed by atoms with E-state index in [-0.39, 0.29) is 0 Å². The summed E-state index contributed by atoms with van der Waals surface area (Å²) in [6.07, 6.45) is 6.51. The highest BCUT2D eigenvalue weighted by Crippen LogP contribution is 2.13. The summed E-state index contributed by atoms with van der Waals surface area (Å²) >= 11 is 0. The van der Waals surface area contributed by atoms with E-state index in [2.05, 4.69) is 17.0 Å². The lowest BCUT2D eigenvalue weighted by molar-refractivity contribution is 0.414. The molecular weight excluding hydrogens is 190 g/mol. The third kappa shape index (κ3) is 1.98. The van der Waals surface area contributed by atoms with Crippen LogP contribution in [0.2, 0.25) is 0 Å². The van der Waals surface area contributed by atoms with Gasteiger partial charge in [-0.15, -0.1) is 0 Å². The molecule has 78 valence electrons. The minimum atomic E-state index is 0.772. The molecule has 2 heterocycles. The average molecular weight is 203 g/mol. The molecule has 0 bridgehead atoms. The number of hydrogen-bond acceptors (Lipinski definition) is 3. The van der Waals surface area contributed by atoms with Crippen LogP contribution in [-0.4, -0.2) is 21.9 Å². The predicted octanol–water partition coefficient (Wildman–Crippen LogP) is 1.84. The van der Waals surface area contributed by atoms with Crippen molar-refractivity contribution < 1.29 is 4.74 Å². The third-order valence-corrected chi connectivity index (χ3v) is 2.23. The standard InChI is InChI=1S/C11H13N3O/c1-3-9-7-13-14(8-9)11-6-10(15-2)4-5-12-11/h4-8H,3H2,1-2H3. The van der Waals surface area contributed by atoms with Crippen LogP contribution in [0.3, 0.4) is 0 Å². The van der Waals surface area contributed by atoms with E-state index in [0.717, 1.165) is 18.0 Å². The summed E-state index contributed by atoms with van der Waals surface area (Å²) in [5, 5.41) is 4.23. The Morgan fingerprint density at radius 1 is 1.47 bits per heavy atom. The fourth-order valence-corrected chi connectivity index (χ4v) is 1.32. The molecule has 0 amide bonds. The summed E-state index contributed by atoms with van der Waals surface area (Å²) in [4.78, 5) is 4.23. The molecule has 0 radical (unpaired) electrons. The van der Waals surface area contributed by atoms with Gasteiger partial charge in [-0.25, -0.2) is 9.67 Å². The normalized spacial score (nSPS) is 10.3. The zero-order valence-corrected chi connectivity index (χ0v) is 8.84. The van der Waals surface area contributed by atoms with E-state index in [4.69, 9.17) is 4.74 Å². The van der Waals surface area contributed by atoms with Crippen LogP contribution in [-0.2, 0) is 6.42 Å². The first-order chi connectivity index (χ1) is 7.33. The largest absolute Gasteiger partial charge is 0.497 e. The van der Waals surface area contributed by atoms with Crippen LogP contribution in [0, 0.1) is 0 Å². The summed E-state index contributed by atoms with van der Waals surface area (Å²) in [6, 6.07) is 3.67. The fourth-order valence-electron chi connectivity index (χ4n) is 1.32. The van der Waals surface area contributed by atoms with Crippen molar-refractivity contribution in [2.75, 3.05) is 7.11 Å². The van der Waals surface area contributed by atoms with Gasteiger partial charge < -0.3 is 4.74 Å². The van der Waals surface area contributed by atoms with E-state index >= 15 is 0 Å². The zero-order chi connectivity index (χ0) is 10.7. The molecule has 0 spiro atoms.